The molecule has 0 aromatic heterocycles. The molecule has 86 valence electrons. The zero-order chi connectivity index (χ0) is 10.7. The van der Waals surface area contributed by atoms with Crippen molar-refractivity contribution in [3.8, 4) is 0 Å². The summed E-state index contributed by atoms with van der Waals surface area (Å²) in [7, 11) is 0. The molecule has 3 atom stereocenters. The van der Waals surface area contributed by atoms with E-state index in [0.29, 0.717) is 19.6 Å². The summed E-state index contributed by atoms with van der Waals surface area (Å²) in [5.74, 6) is -0.276. The number of rotatable bonds is 3. The maximum atomic E-state index is 11.5. The topological polar surface area (TPSA) is 67.8 Å². The first-order valence-electron chi connectivity index (χ1n) is 5.45. The molecule has 2 aliphatic heterocycles. The normalized spacial score (nSPS) is 35.7. The molecule has 2 saturated heterocycles. The van der Waals surface area contributed by atoms with Gasteiger partial charge in [-0.15, -0.1) is 0 Å². The van der Waals surface area contributed by atoms with E-state index in [1.54, 1.807) is 0 Å². The van der Waals surface area contributed by atoms with Crippen LogP contribution in [0.25, 0.3) is 0 Å². The molecule has 0 aromatic carbocycles. The number of carbonyl (C=O) groups is 1. The first-order valence-corrected chi connectivity index (χ1v) is 5.45. The van der Waals surface area contributed by atoms with Gasteiger partial charge in [0.1, 0.15) is 12.6 Å². The average molecular weight is 215 g/mol. The van der Waals surface area contributed by atoms with Crippen molar-refractivity contribution in [2.24, 2.45) is 0 Å². The Hall–Kier alpha value is -0.650. The van der Waals surface area contributed by atoms with Gasteiger partial charge in [0, 0.05) is 19.6 Å². The van der Waals surface area contributed by atoms with Crippen molar-refractivity contribution in [2.45, 2.75) is 37.5 Å². The second-order valence-electron chi connectivity index (χ2n) is 4.12. The van der Waals surface area contributed by atoms with E-state index in [9.17, 15) is 9.90 Å². The number of aliphatic hydroxyl groups is 1. The predicted octanol–water partition coefficient (Wildman–Crippen LogP) is -0.569. The second-order valence-corrected chi connectivity index (χ2v) is 4.12. The maximum absolute atomic E-state index is 11.5. The molecule has 5 heteroatoms. The monoisotopic (exact) mass is 215 g/mol. The molecule has 0 amide bonds. The van der Waals surface area contributed by atoms with Crippen molar-refractivity contribution < 1.29 is 19.4 Å². The maximum Gasteiger partial charge on any atom is 0.323 e. The molecule has 2 rings (SSSR count). The fraction of sp³-hybridized carbons (Fsp3) is 0.900. The van der Waals surface area contributed by atoms with Gasteiger partial charge in [-0.2, -0.15) is 0 Å². The highest BCUT2D eigenvalue weighted by molar-refractivity contribution is 5.76. The minimum absolute atomic E-state index is 0.0697. The van der Waals surface area contributed by atoms with Crippen LogP contribution in [0, 0.1) is 0 Å². The lowest BCUT2D eigenvalue weighted by molar-refractivity contribution is -0.149. The van der Waals surface area contributed by atoms with Crippen LogP contribution in [0.2, 0.25) is 0 Å². The van der Waals surface area contributed by atoms with E-state index in [2.05, 4.69) is 5.32 Å². The summed E-state index contributed by atoms with van der Waals surface area (Å²) >= 11 is 0. The van der Waals surface area contributed by atoms with Crippen LogP contribution in [0.4, 0.5) is 0 Å². The van der Waals surface area contributed by atoms with Gasteiger partial charge < -0.3 is 19.9 Å². The molecule has 2 fully saturated rings. The van der Waals surface area contributed by atoms with Gasteiger partial charge in [0.05, 0.1) is 12.2 Å². The van der Waals surface area contributed by atoms with E-state index >= 15 is 0 Å². The third-order valence-electron chi connectivity index (χ3n) is 2.83. The van der Waals surface area contributed by atoms with E-state index in [-0.39, 0.29) is 18.1 Å². The van der Waals surface area contributed by atoms with E-state index in [4.69, 9.17) is 9.47 Å². The fourth-order valence-corrected chi connectivity index (χ4v) is 1.95. The molecule has 0 aromatic rings. The molecule has 2 heterocycles. The highest BCUT2D eigenvalue weighted by atomic mass is 16.6. The van der Waals surface area contributed by atoms with Gasteiger partial charge in [-0.25, -0.2) is 0 Å². The molecule has 0 radical (unpaired) electrons. The number of carbonyl (C=O) groups excluding carboxylic acids is 1. The van der Waals surface area contributed by atoms with Gasteiger partial charge in [0.2, 0.25) is 0 Å². The summed E-state index contributed by atoms with van der Waals surface area (Å²) in [6.45, 7) is 1.58. The Morgan fingerprint density at radius 1 is 1.60 bits per heavy atom. The lowest BCUT2D eigenvalue weighted by Crippen LogP contribution is -2.34. The SMILES string of the molecule is O=C(OCC1CCCO1)[C@@H]1C[C@H](O)CN1. The number of hydrogen-bond donors (Lipinski definition) is 2. The van der Waals surface area contributed by atoms with Gasteiger partial charge >= 0.3 is 5.97 Å². The quantitative estimate of drug-likeness (QED) is 0.617. The molecule has 15 heavy (non-hydrogen) atoms. The fourth-order valence-electron chi connectivity index (χ4n) is 1.95. The number of β-amino-alcohol motifs (C(OH)–C–C–N with tert-alkyl or cyclic N) is 1. The molecule has 0 saturated carbocycles. The van der Waals surface area contributed by atoms with Crippen LogP contribution in [0.15, 0.2) is 0 Å². The van der Waals surface area contributed by atoms with Crippen molar-refractivity contribution in [1.29, 1.82) is 0 Å². The van der Waals surface area contributed by atoms with Crippen molar-refractivity contribution in [2.75, 3.05) is 19.8 Å². The van der Waals surface area contributed by atoms with Crippen LogP contribution in [0.5, 0.6) is 0 Å². The van der Waals surface area contributed by atoms with E-state index in [1.807, 2.05) is 0 Å². The van der Waals surface area contributed by atoms with Gasteiger partial charge in [-0.3, -0.25) is 4.79 Å². The molecular formula is C10H17NO4. The molecule has 1 unspecified atom stereocenters. The Balaban J connectivity index is 1.67. The van der Waals surface area contributed by atoms with Crippen molar-refractivity contribution in [1.82, 2.24) is 5.32 Å². The van der Waals surface area contributed by atoms with Crippen molar-refractivity contribution >= 4 is 5.97 Å². The number of esters is 1. The molecule has 0 spiro atoms. The minimum Gasteiger partial charge on any atom is -0.462 e. The van der Waals surface area contributed by atoms with Crippen LogP contribution in [0.1, 0.15) is 19.3 Å². The summed E-state index contributed by atoms with van der Waals surface area (Å²) in [6, 6.07) is -0.346. The predicted molar refractivity (Wildman–Crippen MR) is 52.3 cm³/mol. The van der Waals surface area contributed by atoms with E-state index in [1.165, 1.54) is 0 Å². The summed E-state index contributed by atoms with van der Waals surface area (Å²) in [6.07, 6.45) is 2.10. The Morgan fingerprint density at radius 3 is 3.07 bits per heavy atom. The molecule has 5 nitrogen and oxygen atoms in total. The largest absolute Gasteiger partial charge is 0.462 e. The average Bonchev–Trinajstić information content (AvgIpc) is 2.84. The van der Waals surface area contributed by atoms with Crippen LogP contribution >= 0.6 is 0 Å². The van der Waals surface area contributed by atoms with Crippen LogP contribution in [-0.4, -0.2) is 49.1 Å². The zero-order valence-corrected chi connectivity index (χ0v) is 8.65. The molecule has 2 aliphatic rings. The first kappa shape index (κ1) is 10.9. The van der Waals surface area contributed by atoms with Crippen molar-refractivity contribution in [3.63, 3.8) is 0 Å². The standard InChI is InChI=1S/C10H17NO4/c12-7-4-9(11-5-7)10(13)15-6-8-2-1-3-14-8/h7-9,11-12H,1-6H2/t7-,8?,9-/m0/s1. The summed E-state index contributed by atoms with van der Waals surface area (Å²) < 4.78 is 10.5. The lowest BCUT2D eigenvalue weighted by Gasteiger charge is -2.13. The Labute approximate surface area is 88.7 Å². The Morgan fingerprint density at radius 2 is 2.47 bits per heavy atom. The second kappa shape index (κ2) is 4.92. The zero-order valence-electron chi connectivity index (χ0n) is 8.65. The smallest absolute Gasteiger partial charge is 0.323 e. The van der Waals surface area contributed by atoms with Crippen LogP contribution < -0.4 is 5.32 Å². The third-order valence-corrected chi connectivity index (χ3v) is 2.83. The van der Waals surface area contributed by atoms with E-state index in [0.717, 1.165) is 19.4 Å². The highest BCUT2D eigenvalue weighted by Crippen LogP contribution is 2.13. The number of nitrogens with one attached hydrogen (secondary N) is 1. The minimum atomic E-state index is -0.426. The summed E-state index contributed by atoms with van der Waals surface area (Å²) in [4.78, 5) is 11.5. The van der Waals surface area contributed by atoms with Gasteiger partial charge in [0.15, 0.2) is 0 Å². The summed E-state index contributed by atoms with van der Waals surface area (Å²) in [5, 5.41) is 12.1. The van der Waals surface area contributed by atoms with Gasteiger partial charge in [0.25, 0.3) is 0 Å². The molecular weight excluding hydrogens is 198 g/mol. The first-order chi connectivity index (χ1) is 7.25. The van der Waals surface area contributed by atoms with Crippen molar-refractivity contribution in [3.05, 3.63) is 0 Å². The van der Waals surface area contributed by atoms with E-state index < -0.39 is 6.10 Å². The highest BCUT2D eigenvalue weighted by Gasteiger charge is 2.30. The number of ether oxygens (including phenoxy) is 2. The Kier molecular flexibility index (Phi) is 3.56. The van der Waals surface area contributed by atoms with Crippen LogP contribution in [0.3, 0.4) is 0 Å². The van der Waals surface area contributed by atoms with Gasteiger partial charge in [-0.1, -0.05) is 0 Å². The third kappa shape index (κ3) is 2.90. The molecule has 0 aliphatic carbocycles. The number of aliphatic hydroxyl groups excluding tert-OH is 1. The Bertz CT molecular complexity index is 227. The lowest BCUT2D eigenvalue weighted by atomic mass is 10.2. The van der Waals surface area contributed by atoms with Gasteiger partial charge in [-0.05, 0) is 12.8 Å². The molecule has 0 bridgehead atoms. The van der Waals surface area contributed by atoms with Crippen LogP contribution in [-0.2, 0) is 14.3 Å². The summed E-state index contributed by atoms with van der Waals surface area (Å²) in [5.41, 5.74) is 0. The number of hydrogen-bond acceptors (Lipinski definition) is 5. The molecule has 2 N–H and O–H groups in total.